The van der Waals surface area contributed by atoms with Crippen LogP contribution in [0.15, 0.2) is 56.6 Å². The number of nitro groups is 1. The highest BCUT2D eigenvalue weighted by atomic mass is 32.3. The van der Waals surface area contributed by atoms with Gasteiger partial charge in [0.2, 0.25) is 0 Å². The number of sulfonamides is 1. The molecule has 0 radical (unpaired) electrons. The van der Waals surface area contributed by atoms with Crippen LogP contribution in [0.2, 0.25) is 0 Å². The normalized spacial score (nSPS) is 13.3. The number of nitriles is 1. The van der Waals surface area contributed by atoms with Crippen molar-refractivity contribution in [3.05, 3.63) is 58.1 Å². The van der Waals surface area contributed by atoms with E-state index in [0.29, 0.717) is 23.7 Å². The smallest absolute Gasteiger partial charge is 0.269 e. The molecule has 9 nitrogen and oxygen atoms in total. The lowest BCUT2D eigenvalue weighted by molar-refractivity contribution is -0.384. The highest BCUT2D eigenvalue weighted by Crippen LogP contribution is 2.31. The molecular formula is C23H30N4O5S2. The van der Waals surface area contributed by atoms with Crippen LogP contribution in [0.4, 0.5) is 5.69 Å². The van der Waals surface area contributed by atoms with E-state index in [1.54, 1.807) is 18.2 Å². The summed E-state index contributed by atoms with van der Waals surface area (Å²) in [5.41, 5.74) is -0.588. The summed E-state index contributed by atoms with van der Waals surface area (Å²) < 4.78 is 39.3. The van der Waals surface area contributed by atoms with Gasteiger partial charge in [-0.3, -0.25) is 10.1 Å². The summed E-state index contributed by atoms with van der Waals surface area (Å²) in [4.78, 5) is 10.7. The molecule has 0 saturated carbocycles. The van der Waals surface area contributed by atoms with Gasteiger partial charge in [-0.1, -0.05) is 20.8 Å². The van der Waals surface area contributed by atoms with Gasteiger partial charge < -0.3 is 4.74 Å². The average molecular weight is 507 g/mol. The molecule has 34 heavy (non-hydrogen) atoms. The average Bonchev–Trinajstić information content (AvgIpc) is 2.71. The second-order valence-electron chi connectivity index (χ2n) is 9.47. The first-order valence-electron chi connectivity index (χ1n) is 10.6. The summed E-state index contributed by atoms with van der Waals surface area (Å²) in [6.07, 6.45) is 0.685. The molecule has 1 atom stereocenters. The van der Waals surface area contributed by atoms with Gasteiger partial charge in [0.15, 0.2) is 0 Å². The quantitative estimate of drug-likeness (QED) is 0.370. The third kappa shape index (κ3) is 7.62. The molecule has 0 aliphatic carbocycles. The summed E-state index contributed by atoms with van der Waals surface area (Å²) >= 11 is 0. The Morgan fingerprint density at radius 2 is 1.76 bits per heavy atom. The van der Waals surface area contributed by atoms with Gasteiger partial charge in [-0.25, -0.2) is 12.8 Å². The predicted molar refractivity (Wildman–Crippen MR) is 132 cm³/mol. The first-order chi connectivity index (χ1) is 15.7. The van der Waals surface area contributed by atoms with Crippen molar-refractivity contribution in [2.45, 2.75) is 63.3 Å². The van der Waals surface area contributed by atoms with Gasteiger partial charge in [0.25, 0.3) is 15.7 Å². The van der Waals surface area contributed by atoms with E-state index in [4.69, 9.17) is 9.10 Å². The number of nitrogens with one attached hydrogen (secondary N) is 1. The zero-order valence-electron chi connectivity index (χ0n) is 20.2. The van der Waals surface area contributed by atoms with E-state index in [-0.39, 0.29) is 21.6 Å². The van der Waals surface area contributed by atoms with Gasteiger partial charge in [-0.2, -0.15) is 5.26 Å². The summed E-state index contributed by atoms with van der Waals surface area (Å²) in [5.74, 6) is 0.407. The molecule has 0 aliphatic heterocycles. The molecule has 1 unspecified atom stereocenters. The molecule has 0 aliphatic rings. The third-order valence-corrected chi connectivity index (χ3v) is 8.22. The van der Waals surface area contributed by atoms with Gasteiger partial charge >= 0.3 is 0 Å². The van der Waals surface area contributed by atoms with Crippen LogP contribution >= 0.6 is 0 Å². The Morgan fingerprint density at radius 1 is 1.15 bits per heavy atom. The van der Waals surface area contributed by atoms with E-state index in [0.717, 1.165) is 12.1 Å². The van der Waals surface area contributed by atoms with Gasteiger partial charge in [-0.15, -0.1) is 4.13 Å². The number of ether oxygens (including phenoxy) is 1. The van der Waals surface area contributed by atoms with Crippen molar-refractivity contribution in [1.29, 1.82) is 5.26 Å². The summed E-state index contributed by atoms with van der Waals surface area (Å²) in [5, 5.41) is 20.5. The lowest BCUT2D eigenvalue weighted by Crippen LogP contribution is -2.31. The lowest BCUT2D eigenvalue weighted by atomic mass is 9.82. The van der Waals surface area contributed by atoms with E-state index in [2.05, 4.69) is 31.0 Å². The second-order valence-corrected chi connectivity index (χ2v) is 12.8. The Morgan fingerprint density at radius 3 is 2.26 bits per heavy atom. The molecule has 184 valence electrons. The van der Waals surface area contributed by atoms with Crippen molar-refractivity contribution >= 4 is 26.6 Å². The maximum atomic E-state index is 13.2. The second kappa shape index (κ2) is 10.6. The number of hydrogen-bond acceptors (Lipinski definition) is 7. The van der Waals surface area contributed by atoms with Crippen molar-refractivity contribution in [1.82, 2.24) is 4.13 Å². The minimum absolute atomic E-state index is 0.0596. The van der Waals surface area contributed by atoms with E-state index in [1.807, 2.05) is 20.8 Å². The number of hydrogen-bond donors (Lipinski definition) is 1. The van der Waals surface area contributed by atoms with Crippen LogP contribution in [0.3, 0.4) is 0 Å². The molecule has 2 aromatic rings. The van der Waals surface area contributed by atoms with Crippen LogP contribution in [0.1, 0.15) is 53.5 Å². The van der Waals surface area contributed by atoms with E-state index >= 15 is 0 Å². The highest BCUT2D eigenvalue weighted by Gasteiger charge is 2.27. The first-order valence-corrected chi connectivity index (χ1v) is 13.2. The van der Waals surface area contributed by atoms with E-state index in [1.165, 1.54) is 12.1 Å². The van der Waals surface area contributed by atoms with Crippen molar-refractivity contribution < 1.29 is 18.1 Å². The number of non-ortho nitro benzene ring substituents is 1. The maximum Gasteiger partial charge on any atom is 0.269 e. The third-order valence-electron chi connectivity index (χ3n) is 4.44. The Kier molecular flexibility index (Phi) is 8.58. The Hall–Kier alpha value is -2.81. The zero-order chi connectivity index (χ0) is 25.7. The minimum Gasteiger partial charge on any atom is -0.492 e. The fourth-order valence-corrected chi connectivity index (χ4v) is 6.93. The van der Waals surface area contributed by atoms with Gasteiger partial charge in [0, 0.05) is 27.9 Å². The van der Waals surface area contributed by atoms with Gasteiger partial charge in [-0.05, 0) is 62.9 Å². The van der Waals surface area contributed by atoms with Crippen LogP contribution in [0, 0.1) is 26.9 Å². The Labute approximate surface area is 203 Å². The van der Waals surface area contributed by atoms with Crippen molar-refractivity contribution in [3.8, 4) is 11.8 Å². The van der Waals surface area contributed by atoms with E-state index in [9.17, 15) is 23.8 Å². The Balaban J connectivity index is 2.59. The highest BCUT2D eigenvalue weighted by molar-refractivity contribution is 8.02. The van der Waals surface area contributed by atoms with E-state index < -0.39 is 31.4 Å². The van der Waals surface area contributed by atoms with Crippen molar-refractivity contribution in [2.75, 3.05) is 6.61 Å². The van der Waals surface area contributed by atoms with Gasteiger partial charge in [0.1, 0.15) is 11.8 Å². The monoisotopic (exact) mass is 506 g/mol. The van der Waals surface area contributed by atoms with Crippen molar-refractivity contribution in [3.63, 3.8) is 0 Å². The van der Waals surface area contributed by atoms with Crippen LogP contribution in [-0.2, 0) is 20.9 Å². The molecule has 0 heterocycles. The number of rotatable bonds is 9. The number of benzene rings is 2. The molecule has 1 N–H and O–H groups in total. The minimum atomic E-state index is -4.07. The lowest BCUT2D eigenvalue weighted by Gasteiger charge is -2.30. The van der Waals surface area contributed by atoms with Crippen LogP contribution in [0.25, 0.3) is 0 Å². The molecule has 2 rings (SSSR count). The first kappa shape index (κ1) is 27.4. The van der Waals surface area contributed by atoms with Crippen molar-refractivity contribution in [2.24, 2.45) is 9.78 Å². The Bertz CT molecular complexity index is 1230. The zero-order valence-corrected chi connectivity index (χ0v) is 21.8. The summed E-state index contributed by atoms with van der Waals surface area (Å²) in [6.45, 7) is 12.3. The summed E-state index contributed by atoms with van der Waals surface area (Å²) in [6, 6.07) is 11.6. The molecule has 0 bridgehead atoms. The molecule has 0 saturated heterocycles. The number of nitrogens with zero attached hydrogens (tertiary/aromatic N) is 3. The standard InChI is InChI=1S/C23H30N4O5S2/c1-7-32-21-13-10-19(14-17(21)15-24)33(25-23(5,6)16-22(2,3)4)26-34(30,31)20-11-8-18(9-12-20)27(28)29/h8-14H,7,16H2,1-6H3,(H,25,26). The molecule has 11 heteroatoms. The molecule has 0 fully saturated rings. The SMILES string of the molecule is CCOc1ccc(S(=NC(C)(C)CC(C)(C)C)NS(=O)(=O)c2ccc([N+](=O)[O-])cc2)cc1C#N. The van der Waals surface area contributed by atoms with Crippen LogP contribution < -0.4 is 8.86 Å². The molecule has 0 spiro atoms. The van der Waals surface area contributed by atoms with Crippen LogP contribution in [-0.4, -0.2) is 25.5 Å². The molecular weight excluding hydrogens is 476 g/mol. The largest absolute Gasteiger partial charge is 0.492 e. The van der Waals surface area contributed by atoms with Crippen LogP contribution in [0.5, 0.6) is 5.75 Å². The predicted octanol–water partition coefficient (Wildman–Crippen LogP) is 5.13. The fourth-order valence-electron chi connectivity index (χ4n) is 3.59. The maximum absolute atomic E-state index is 13.2. The summed E-state index contributed by atoms with van der Waals surface area (Å²) in [7, 11) is -5.43. The van der Waals surface area contributed by atoms with Gasteiger partial charge in [0.05, 0.1) is 27.5 Å². The molecule has 2 aromatic carbocycles. The number of nitro benzene ring substituents is 1. The molecule has 0 aromatic heterocycles. The topological polar surface area (TPSA) is 135 Å². The fraction of sp³-hybridized carbons (Fsp3) is 0.435. The molecule has 0 amide bonds.